The molecule has 16 heavy (non-hydrogen) atoms. The predicted octanol–water partition coefficient (Wildman–Crippen LogP) is 1.85. The standard InChI is InChI=1S/C11H13N2OS2/c1-12-7-5-4-6-8(12)9-10(14)13(2)11(15-3)16-9/h4-7H,1-3H3/q+1/b9-8-. The molecular formula is C11H13N2OS2+. The smallest absolute Gasteiger partial charge is 0.350 e. The summed E-state index contributed by atoms with van der Waals surface area (Å²) in [6.07, 6.45) is 9.81. The second kappa shape index (κ2) is 4.51. The zero-order valence-electron chi connectivity index (χ0n) is 9.43. The van der Waals surface area contributed by atoms with Crippen LogP contribution in [0.1, 0.15) is 0 Å². The number of amides is 1. The lowest BCUT2D eigenvalue weighted by Gasteiger charge is -2.18. The van der Waals surface area contributed by atoms with Crippen LogP contribution in [-0.4, -0.2) is 40.1 Å². The highest BCUT2D eigenvalue weighted by molar-refractivity contribution is 8.40. The number of nitrogens with zero attached hydrogens (tertiary/aromatic N) is 2. The maximum Gasteiger partial charge on any atom is 0.429 e. The van der Waals surface area contributed by atoms with Crippen molar-refractivity contribution in [1.29, 1.82) is 0 Å². The van der Waals surface area contributed by atoms with Crippen molar-refractivity contribution in [3.63, 3.8) is 0 Å². The molecule has 0 N–H and O–H groups in total. The van der Waals surface area contributed by atoms with E-state index < -0.39 is 0 Å². The van der Waals surface area contributed by atoms with E-state index in [0.717, 1.165) is 15.0 Å². The minimum absolute atomic E-state index is 0.0798. The highest BCUT2D eigenvalue weighted by Crippen LogP contribution is 2.34. The molecule has 0 saturated heterocycles. The number of hydrogen-bond donors (Lipinski definition) is 0. The highest BCUT2D eigenvalue weighted by atomic mass is 32.2. The van der Waals surface area contributed by atoms with Gasteiger partial charge < -0.3 is 4.90 Å². The van der Waals surface area contributed by atoms with Crippen molar-refractivity contribution in [2.24, 2.45) is 0 Å². The molecular weight excluding hydrogens is 240 g/mol. The molecule has 2 aliphatic rings. The van der Waals surface area contributed by atoms with E-state index in [1.54, 1.807) is 28.1 Å². The van der Waals surface area contributed by atoms with E-state index in [1.807, 2.05) is 49.7 Å². The van der Waals surface area contributed by atoms with Crippen LogP contribution >= 0.6 is 23.5 Å². The number of allylic oxidation sites excluding steroid dienone is 3. The van der Waals surface area contributed by atoms with Crippen molar-refractivity contribution in [2.45, 2.75) is 0 Å². The van der Waals surface area contributed by atoms with Gasteiger partial charge in [0.15, 0.2) is 4.91 Å². The van der Waals surface area contributed by atoms with Gasteiger partial charge in [-0.25, -0.2) is 4.79 Å². The first-order valence-electron chi connectivity index (χ1n) is 4.84. The molecule has 0 aromatic heterocycles. The summed E-state index contributed by atoms with van der Waals surface area (Å²) in [7, 11) is 3.77. The fraction of sp³-hybridized carbons (Fsp3) is 0.273. The van der Waals surface area contributed by atoms with Crippen molar-refractivity contribution >= 4 is 33.8 Å². The second-order valence-corrected chi connectivity index (χ2v) is 5.51. The van der Waals surface area contributed by atoms with E-state index in [4.69, 9.17) is 0 Å². The molecule has 5 heteroatoms. The molecule has 0 spiro atoms. The lowest BCUT2D eigenvalue weighted by molar-refractivity contribution is -0.406. The summed E-state index contributed by atoms with van der Waals surface area (Å²) in [5.41, 5.74) is 0.966. The Morgan fingerprint density at radius 1 is 1.44 bits per heavy atom. The van der Waals surface area contributed by atoms with Crippen LogP contribution in [-0.2, 0) is 4.79 Å². The molecule has 3 nitrogen and oxygen atoms in total. The summed E-state index contributed by atoms with van der Waals surface area (Å²) < 4.78 is 2.74. The van der Waals surface area contributed by atoms with Crippen LogP contribution in [0.3, 0.4) is 0 Å². The van der Waals surface area contributed by atoms with E-state index in [9.17, 15) is 4.79 Å². The van der Waals surface area contributed by atoms with Crippen LogP contribution in [0.25, 0.3) is 0 Å². The lowest BCUT2D eigenvalue weighted by atomic mass is 10.2. The van der Waals surface area contributed by atoms with Crippen LogP contribution in [0, 0.1) is 0 Å². The zero-order chi connectivity index (χ0) is 11.7. The average molecular weight is 253 g/mol. The van der Waals surface area contributed by atoms with Crippen molar-refractivity contribution in [1.82, 2.24) is 4.90 Å². The van der Waals surface area contributed by atoms with Crippen LogP contribution in [0.15, 0.2) is 35.0 Å². The predicted molar refractivity (Wildman–Crippen MR) is 70.4 cm³/mol. The van der Waals surface area contributed by atoms with E-state index in [-0.39, 0.29) is 5.91 Å². The minimum atomic E-state index is 0.0798. The molecule has 0 aromatic carbocycles. The Balaban J connectivity index is 2.39. The van der Waals surface area contributed by atoms with Gasteiger partial charge >= 0.3 is 5.91 Å². The summed E-state index contributed by atoms with van der Waals surface area (Å²) in [5.74, 6) is 0.0798. The molecule has 84 valence electrons. The van der Waals surface area contributed by atoms with Crippen LogP contribution in [0.2, 0.25) is 0 Å². The third-order valence-corrected chi connectivity index (χ3v) is 4.83. The van der Waals surface area contributed by atoms with Crippen LogP contribution in [0.5, 0.6) is 0 Å². The third-order valence-electron chi connectivity index (χ3n) is 2.42. The molecule has 0 fully saturated rings. The second-order valence-electron chi connectivity index (χ2n) is 3.46. The maximum atomic E-state index is 12.0. The number of hydrogen-bond acceptors (Lipinski definition) is 4. The van der Waals surface area contributed by atoms with Gasteiger partial charge in [0, 0.05) is 25.0 Å². The first-order chi connectivity index (χ1) is 7.65. The van der Waals surface area contributed by atoms with Gasteiger partial charge in [-0.1, -0.05) is 17.8 Å². The van der Waals surface area contributed by atoms with Crippen molar-refractivity contribution in [2.75, 3.05) is 20.4 Å². The molecule has 0 unspecified atom stereocenters. The number of likely N-dealkylation sites (N-methyl/N-ethyl adjacent to an activating group) is 2. The largest absolute Gasteiger partial charge is 0.429 e. The summed E-state index contributed by atoms with van der Waals surface area (Å²) in [5, 5.41) is 0. The molecule has 1 amide bonds. The molecule has 0 aromatic rings. The number of carbonyl (C=O) groups is 1. The summed E-state index contributed by atoms with van der Waals surface area (Å²) in [6, 6.07) is 0. The Bertz CT molecular complexity index is 461. The van der Waals surface area contributed by atoms with Gasteiger partial charge in [-0.15, -0.1) is 4.58 Å². The quantitative estimate of drug-likeness (QED) is 0.485. The van der Waals surface area contributed by atoms with E-state index in [0.29, 0.717) is 0 Å². The van der Waals surface area contributed by atoms with Crippen molar-refractivity contribution in [3.05, 3.63) is 35.0 Å². The highest BCUT2D eigenvalue weighted by Gasteiger charge is 2.37. The normalized spacial score (nSPS) is 24.9. The Kier molecular flexibility index (Phi) is 3.25. The van der Waals surface area contributed by atoms with Crippen LogP contribution < -0.4 is 0 Å². The average Bonchev–Trinajstić information content (AvgIpc) is 2.57. The monoisotopic (exact) mass is 253 g/mol. The third kappa shape index (κ3) is 1.85. The maximum absolute atomic E-state index is 12.0. The van der Waals surface area contributed by atoms with Crippen molar-refractivity contribution in [3.8, 4) is 0 Å². The minimum Gasteiger partial charge on any atom is -0.350 e. The van der Waals surface area contributed by atoms with E-state index >= 15 is 0 Å². The fourth-order valence-electron chi connectivity index (χ4n) is 1.53. The lowest BCUT2D eigenvalue weighted by Crippen LogP contribution is -2.18. The van der Waals surface area contributed by atoms with Gasteiger partial charge in [-0.3, -0.25) is 0 Å². The van der Waals surface area contributed by atoms with Gasteiger partial charge in [-0.2, -0.15) is 0 Å². The number of carbonyl (C=O) groups excluding carboxylic acids is 1. The van der Waals surface area contributed by atoms with Gasteiger partial charge in [0.05, 0.1) is 5.70 Å². The molecule has 0 saturated carbocycles. The molecule has 0 radical (unpaired) electrons. The molecule has 2 heterocycles. The topological polar surface area (TPSA) is 23.3 Å². The number of rotatable bonds is 0. The molecule has 2 aliphatic heterocycles. The first-order valence-corrected chi connectivity index (χ1v) is 6.88. The SMILES string of the molecule is CSC1=[N+](C)C(=O)/C(=C2\C=CC=CN2C)S1. The molecule has 2 rings (SSSR count). The number of thioether (sulfide) groups is 2. The molecule has 0 atom stereocenters. The Labute approximate surface area is 104 Å². The van der Waals surface area contributed by atoms with Gasteiger partial charge in [0.25, 0.3) is 4.38 Å². The molecule has 0 aliphatic carbocycles. The summed E-state index contributed by atoms with van der Waals surface area (Å²) in [6.45, 7) is 0. The summed E-state index contributed by atoms with van der Waals surface area (Å²) >= 11 is 3.15. The van der Waals surface area contributed by atoms with E-state index in [2.05, 4.69) is 0 Å². The van der Waals surface area contributed by atoms with Gasteiger partial charge in [-0.05, 0) is 18.4 Å². The Hall–Kier alpha value is -0.940. The fourth-order valence-corrected chi connectivity index (χ4v) is 3.41. The Morgan fingerprint density at radius 3 is 2.75 bits per heavy atom. The molecule has 0 bridgehead atoms. The van der Waals surface area contributed by atoms with E-state index in [1.165, 1.54) is 0 Å². The first kappa shape index (κ1) is 11.5. The van der Waals surface area contributed by atoms with Crippen LogP contribution in [0.4, 0.5) is 0 Å². The van der Waals surface area contributed by atoms with Gasteiger partial charge in [0.2, 0.25) is 0 Å². The summed E-state index contributed by atoms with van der Waals surface area (Å²) in [4.78, 5) is 14.8. The Morgan fingerprint density at radius 2 is 2.19 bits per heavy atom. The van der Waals surface area contributed by atoms with Gasteiger partial charge in [0.1, 0.15) is 7.05 Å². The zero-order valence-corrected chi connectivity index (χ0v) is 11.1. The van der Waals surface area contributed by atoms with Crippen molar-refractivity contribution < 1.29 is 9.37 Å².